The van der Waals surface area contributed by atoms with Crippen LogP contribution < -0.4 is 10.5 Å². The molecular formula is C15H16F2N2OS. The van der Waals surface area contributed by atoms with Gasteiger partial charge in [-0.1, -0.05) is 12.8 Å². The van der Waals surface area contributed by atoms with Gasteiger partial charge in [0, 0.05) is 10.9 Å². The summed E-state index contributed by atoms with van der Waals surface area (Å²) in [6, 6.07) is 6.51. The highest BCUT2D eigenvalue weighted by atomic mass is 32.1. The van der Waals surface area contributed by atoms with Gasteiger partial charge in [-0.2, -0.15) is 8.78 Å². The van der Waals surface area contributed by atoms with Crippen LogP contribution in [0.3, 0.4) is 0 Å². The van der Waals surface area contributed by atoms with Crippen molar-refractivity contribution in [3.63, 3.8) is 0 Å². The minimum atomic E-state index is -2.80. The van der Waals surface area contributed by atoms with Gasteiger partial charge in [0.2, 0.25) is 0 Å². The van der Waals surface area contributed by atoms with Gasteiger partial charge in [0.15, 0.2) is 0 Å². The number of thiazole rings is 1. The van der Waals surface area contributed by atoms with Crippen LogP contribution in [0.5, 0.6) is 5.75 Å². The van der Waals surface area contributed by atoms with Gasteiger partial charge in [-0.15, -0.1) is 11.3 Å². The molecule has 0 amide bonds. The number of benzene rings is 1. The largest absolute Gasteiger partial charge is 0.435 e. The molecule has 6 heteroatoms. The highest BCUT2D eigenvalue weighted by Gasteiger charge is 2.34. The SMILES string of the molecule is NC1(c2nc(-c3ccc(OC(F)F)cc3)cs2)CCCC1. The molecule has 0 radical (unpaired) electrons. The Morgan fingerprint density at radius 2 is 1.86 bits per heavy atom. The Labute approximate surface area is 125 Å². The highest BCUT2D eigenvalue weighted by Crippen LogP contribution is 2.39. The second-order valence-corrected chi connectivity index (χ2v) is 6.16. The number of nitrogens with two attached hydrogens (primary N) is 1. The molecular weight excluding hydrogens is 294 g/mol. The van der Waals surface area contributed by atoms with Crippen LogP contribution in [0.4, 0.5) is 8.78 Å². The number of halogens is 2. The van der Waals surface area contributed by atoms with E-state index in [1.165, 1.54) is 12.1 Å². The molecule has 0 saturated heterocycles. The molecule has 1 aliphatic rings. The molecule has 0 bridgehead atoms. The fraction of sp³-hybridized carbons (Fsp3) is 0.400. The van der Waals surface area contributed by atoms with Crippen molar-refractivity contribution >= 4 is 11.3 Å². The summed E-state index contributed by atoms with van der Waals surface area (Å²) in [4.78, 5) is 4.63. The average molecular weight is 310 g/mol. The van der Waals surface area contributed by atoms with Gasteiger partial charge in [0.05, 0.1) is 11.2 Å². The van der Waals surface area contributed by atoms with Gasteiger partial charge in [0.25, 0.3) is 0 Å². The molecule has 0 atom stereocenters. The molecule has 2 aromatic rings. The summed E-state index contributed by atoms with van der Waals surface area (Å²) in [6.07, 6.45) is 4.23. The van der Waals surface area contributed by atoms with E-state index in [-0.39, 0.29) is 11.3 Å². The molecule has 1 aromatic heterocycles. The van der Waals surface area contributed by atoms with E-state index in [4.69, 9.17) is 5.73 Å². The maximum Gasteiger partial charge on any atom is 0.387 e. The third-order valence-electron chi connectivity index (χ3n) is 3.80. The van der Waals surface area contributed by atoms with Crippen LogP contribution in [-0.2, 0) is 5.54 Å². The molecule has 0 spiro atoms. The van der Waals surface area contributed by atoms with Gasteiger partial charge in [-0.25, -0.2) is 4.98 Å². The maximum atomic E-state index is 12.1. The molecule has 112 valence electrons. The molecule has 1 aromatic carbocycles. The third-order valence-corrected chi connectivity index (χ3v) is 4.86. The fourth-order valence-corrected chi connectivity index (χ4v) is 3.66. The predicted octanol–water partition coefficient (Wildman–Crippen LogP) is 4.14. The molecule has 1 fully saturated rings. The first-order valence-corrected chi connectivity index (χ1v) is 7.75. The summed E-state index contributed by atoms with van der Waals surface area (Å²) in [5.41, 5.74) is 7.81. The molecule has 0 unspecified atom stereocenters. The Bertz CT molecular complexity index is 606. The molecule has 3 nitrogen and oxygen atoms in total. The minimum Gasteiger partial charge on any atom is -0.435 e. The third kappa shape index (κ3) is 3.06. The van der Waals surface area contributed by atoms with E-state index in [0.29, 0.717) is 0 Å². The number of alkyl halides is 2. The monoisotopic (exact) mass is 310 g/mol. The van der Waals surface area contributed by atoms with Crippen molar-refractivity contribution in [3.05, 3.63) is 34.7 Å². The van der Waals surface area contributed by atoms with Crippen molar-refractivity contribution in [1.29, 1.82) is 0 Å². The quantitative estimate of drug-likeness (QED) is 0.923. The topological polar surface area (TPSA) is 48.1 Å². The van der Waals surface area contributed by atoms with Crippen LogP contribution in [0.15, 0.2) is 29.6 Å². The number of hydrogen-bond acceptors (Lipinski definition) is 4. The van der Waals surface area contributed by atoms with Crippen molar-refractivity contribution in [2.45, 2.75) is 37.8 Å². The van der Waals surface area contributed by atoms with Crippen LogP contribution >= 0.6 is 11.3 Å². The first-order valence-electron chi connectivity index (χ1n) is 6.87. The zero-order valence-electron chi connectivity index (χ0n) is 11.4. The average Bonchev–Trinajstić information content (AvgIpc) is 3.09. The van der Waals surface area contributed by atoms with Gasteiger partial charge >= 0.3 is 6.61 Å². The second kappa shape index (κ2) is 5.69. The lowest BCUT2D eigenvalue weighted by Crippen LogP contribution is -2.32. The van der Waals surface area contributed by atoms with Crippen LogP contribution in [0.1, 0.15) is 30.7 Å². The number of ether oxygens (including phenoxy) is 1. The van der Waals surface area contributed by atoms with Gasteiger partial charge < -0.3 is 10.5 Å². The van der Waals surface area contributed by atoms with Crippen molar-refractivity contribution in [2.75, 3.05) is 0 Å². The van der Waals surface area contributed by atoms with Crippen LogP contribution in [-0.4, -0.2) is 11.6 Å². The zero-order chi connectivity index (χ0) is 14.9. The summed E-state index contributed by atoms with van der Waals surface area (Å²) in [6.45, 7) is -2.80. The van der Waals surface area contributed by atoms with E-state index in [9.17, 15) is 8.78 Å². The zero-order valence-corrected chi connectivity index (χ0v) is 12.2. The summed E-state index contributed by atoms with van der Waals surface area (Å²) in [5.74, 6) is 0.148. The van der Waals surface area contributed by atoms with E-state index in [1.54, 1.807) is 23.5 Å². The lowest BCUT2D eigenvalue weighted by atomic mass is 10.0. The van der Waals surface area contributed by atoms with Crippen molar-refractivity contribution < 1.29 is 13.5 Å². The first kappa shape index (κ1) is 14.4. The molecule has 2 N–H and O–H groups in total. The van der Waals surface area contributed by atoms with E-state index < -0.39 is 6.61 Å². The summed E-state index contributed by atoms with van der Waals surface area (Å²) >= 11 is 1.57. The minimum absolute atomic E-state index is 0.148. The molecule has 3 rings (SSSR count). The van der Waals surface area contributed by atoms with E-state index >= 15 is 0 Å². The van der Waals surface area contributed by atoms with Gasteiger partial charge in [-0.3, -0.25) is 0 Å². The lowest BCUT2D eigenvalue weighted by molar-refractivity contribution is -0.0498. The highest BCUT2D eigenvalue weighted by molar-refractivity contribution is 7.10. The normalized spacial score (nSPS) is 17.3. The Morgan fingerprint density at radius 3 is 2.48 bits per heavy atom. The summed E-state index contributed by atoms with van der Waals surface area (Å²) in [7, 11) is 0. The number of rotatable bonds is 4. The number of nitrogens with zero attached hydrogens (tertiary/aromatic N) is 1. The van der Waals surface area contributed by atoms with Crippen molar-refractivity contribution in [3.8, 4) is 17.0 Å². The standard InChI is InChI=1S/C15H16F2N2OS/c16-14(17)20-11-5-3-10(4-6-11)12-9-21-13(19-12)15(18)7-1-2-8-15/h3-6,9,14H,1-2,7-8,18H2. The van der Waals surface area contributed by atoms with E-state index in [2.05, 4.69) is 9.72 Å². The first-order chi connectivity index (χ1) is 10.1. The molecule has 21 heavy (non-hydrogen) atoms. The summed E-state index contributed by atoms with van der Waals surface area (Å²) < 4.78 is 28.6. The van der Waals surface area contributed by atoms with Gasteiger partial charge in [0.1, 0.15) is 10.8 Å². The summed E-state index contributed by atoms with van der Waals surface area (Å²) in [5, 5.41) is 2.92. The number of aromatic nitrogens is 1. The Morgan fingerprint density at radius 1 is 1.19 bits per heavy atom. The van der Waals surface area contributed by atoms with Crippen molar-refractivity contribution in [1.82, 2.24) is 4.98 Å². The van der Waals surface area contributed by atoms with Crippen LogP contribution in [0.2, 0.25) is 0 Å². The number of hydrogen-bond donors (Lipinski definition) is 1. The smallest absolute Gasteiger partial charge is 0.387 e. The Kier molecular flexibility index (Phi) is 3.91. The molecule has 1 heterocycles. The Balaban J connectivity index is 1.80. The predicted molar refractivity (Wildman–Crippen MR) is 78.5 cm³/mol. The lowest BCUT2D eigenvalue weighted by Gasteiger charge is -2.19. The van der Waals surface area contributed by atoms with Crippen molar-refractivity contribution in [2.24, 2.45) is 5.73 Å². The second-order valence-electron chi connectivity index (χ2n) is 5.30. The molecule has 1 aliphatic carbocycles. The molecule has 1 saturated carbocycles. The fourth-order valence-electron chi connectivity index (χ4n) is 2.66. The van der Waals surface area contributed by atoms with Gasteiger partial charge in [-0.05, 0) is 37.1 Å². The van der Waals surface area contributed by atoms with Crippen LogP contribution in [0.25, 0.3) is 11.3 Å². The van der Waals surface area contributed by atoms with Crippen LogP contribution in [0, 0.1) is 0 Å². The van der Waals surface area contributed by atoms with E-state index in [0.717, 1.165) is 41.9 Å². The molecule has 0 aliphatic heterocycles. The maximum absolute atomic E-state index is 12.1. The van der Waals surface area contributed by atoms with E-state index in [1.807, 2.05) is 5.38 Å². The Hall–Kier alpha value is -1.53.